The smallest absolute Gasteiger partial charge is 0.332 e. The van der Waals surface area contributed by atoms with E-state index in [1.54, 1.807) is 18.7 Å². The molecule has 0 spiro atoms. The van der Waals surface area contributed by atoms with Crippen LogP contribution in [0.2, 0.25) is 0 Å². The molecular formula is C12H15BrO3S. The topological polar surface area (TPSA) is 46.5 Å². The molecule has 0 saturated heterocycles. The maximum absolute atomic E-state index is 10.9. The zero-order valence-electron chi connectivity index (χ0n) is 9.56. The van der Waals surface area contributed by atoms with Crippen LogP contribution in [0.1, 0.15) is 13.3 Å². The molecule has 3 nitrogen and oxygen atoms in total. The molecule has 0 radical (unpaired) electrons. The van der Waals surface area contributed by atoms with Crippen LogP contribution in [0.25, 0.3) is 0 Å². The van der Waals surface area contributed by atoms with Crippen molar-refractivity contribution < 1.29 is 14.6 Å². The number of thioether (sulfide) groups is 1. The Morgan fingerprint density at radius 3 is 2.82 bits per heavy atom. The number of hydrogen-bond acceptors (Lipinski definition) is 3. The van der Waals surface area contributed by atoms with Gasteiger partial charge in [-0.2, -0.15) is 0 Å². The fourth-order valence-corrected chi connectivity index (χ4v) is 2.88. The molecule has 17 heavy (non-hydrogen) atoms. The first-order valence-corrected chi connectivity index (χ1v) is 7.14. The summed E-state index contributed by atoms with van der Waals surface area (Å²) in [5.74, 6) is -0.167. The highest BCUT2D eigenvalue weighted by atomic mass is 79.9. The van der Waals surface area contributed by atoms with Crippen LogP contribution in [-0.2, 0) is 9.53 Å². The SMILES string of the molecule is CCOC(CCSc1ccccc1Br)C(=O)O. The highest BCUT2D eigenvalue weighted by Crippen LogP contribution is 2.27. The van der Waals surface area contributed by atoms with Crippen molar-refractivity contribution >= 4 is 33.7 Å². The minimum absolute atomic E-state index is 0.427. The summed E-state index contributed by atoms with van der Waals surface area (Å²) in [5.41, 5.74) is 0. The fraction of sp³-hybridized carbons (Fsp3) is 0.417. The second kappa shape index (κ2) is 7.74. The van der Waals surface area contributed by atoms with Gasteiger partial charge < -0.3 is 9.84 Å². The van der Waals surface area contributed by atoms with Crippen LogP contribution < -0.4 is 0 Å². The Morgan fingerprint density at radius 1 is 1.53 bits per heavy atom. The van der Waals surface area contributed by atoms with E-state index in [-0.39, 0.29) is 0 Å². The predicted octanol–water partition coefficient (Wildman–Crippen LogP) is 3.42. The largest absolute Gasteiger partial charge is 0.479 e. The average molecular weight is 319 g/mol. The molecule has 0 aliphatic heterocycles. The van der Waals surface area contributed by atoms with Crippen molar-refractivity contribution in [2.24, 2.45) is 0 Å². The third-order valence-electron chi connectivity index (χ3n) is 2.12. The highest BCUT2D eigenvalue weighted by molar-refractivity contribution is 9.10. The van der Waals surface area contributed by atoms with Gasteiger partial charge in [-0.25, -0.2) is 4.79 Å². The van der Waals surface area contributed by atoms with Crippen LogP contribution in [0.4, 0.5) is 0 Å². The average Bonchev–Trinajstić information content (AvgIpc) is 2.30. The normalized spacial score (nSPS) is 12.4. The van der Waals surface area contributed by atoms with Gasteiger partial charge in [0.15, 0.2) is 6.10 Å². The molecule has 1 N–H and O–H groups in total. The van der Waals surface area contributed by atoms with E-state index in [0.717, 1.165) is 15.1 Å². The minimum Gasteiger partial charge on any atom is -0.479 e. The quantitative estimate of drug-likeness (QED) is 0.782. The molecule has 0 bridgehead atoms. The Morgan fingerprint density at radius 2 is 2.24 bits per heavy atom. The van der Waals surface area contributed by atoms with Crippen molar-refractivity contribution in [3.63, 3.8) is 0 Å². The first-order chi connectivity index (χ1) is 8.15. The first kappa shape index (κ1) is 14.5. The number of carboxylic acid groups (broad SMARTS) is 1. The van der Waals surface area contributed by atoms with Crippen LogP contribution >= 0.6 is 27.7 Å². The van der Waals surface area contributed by atoms with Crippen molar-refractivity contribution in [1.29, 1.82) is 0 Å². The minimum atomic E-state index is -0.889. The van der Waals surface area contributed by atoms with Gasteiger partial charge >= 0.3 is 5.97 Å². The molecule has 1 aromatic rings. The third-order valence-corrected chi connectivity index (χ3v) is 4.18. The van der Waals surface area contributed by atoms with E-state index in [0.29, 0.717) is 13.0 Å². The summed E-state index contributed by atoms with van der Waals surface area (Å²) in [4.78, 5) is 12.0. The lowest BCUT2D eigenvalue weighted by atomic mass is 10.3. The van der Waals surface area contributed by atoms with Gasteiger partial charge in [0.1, 0.15) is 0 Å². The Balaban J connectivity index is 2.41. The number of hydrogen-bond donors (Lipinski definition) is 1. The monoisotopic (exact) mass is 318 g/mol. The number of carbonyl (C=O) groups is 1. The van der Waals surface area contributed by atoms with Gasteiger partial charge in [0.25, 0.3) is 0 Å². The molecular weight excluding hydrogens is 304 g/mol. The second-order valence-electron chi connectivity index (χ2n) is 3.35. The highest BCUT2D eigenvalue weighted by Gasteiger charge is 2.16. The van der Waals surface area contributed by atoms with E-state index in [4.69, 9.17) is 9.84 Å². The number of carboxylic acids is 1. The molecule has 94 valence electrons. The van der Waals surface area contributed by atoms with Gasteiger partial charge in [-0.05, 0) is 41.4 Å². The van der Waals surface area contributed by atoms with Crippen molar-refractivity contribution in [3.05, 3.63) is 28.7 Å². The summed E-state index contributed by atoms with van der Waals surface area (Å²) >= 11 is 5.08. The Kier molecular flexibility index (Phi) is 6.62. The van der Waals surface area contributed by atoms with Gasteiger partial charge in [0.2, 0.25) is 0 Å². The van der Waals surface area contributed by atoms with Crippen LogP contribution in [0.15, 0.2) is 33.6 Å². The van der Waals surface area contributed by atoms with E-state index >= 15 is 0 Å². The molecule has 5 heteroatoms. The van der Waals surface area contributed by atoms with Crippen LogP contribution in [0.3, 0.4) is 0 Å². The standard InChI is InChI=1S/C12H15BrO3S/c1-2-16-10(12(14)15)7-8-17-11-6-4-3-5-9(11)13/h3-6,10H,2,7-8H2,1H3,(H,14,15). The van der Waals surface area contributed by atoms with E-state index < -0.39 is 12.1 Å². The predicted molar refractivity (Wildman–Crippen MR) is 72.5 cm³/mol. The van der Waals surface area contributed by atoms with E-state index in [9.17, 15) is 4.79 Å². The Bertz CT molecular complexity index is 371. The number of halogens is 1. The summed E-state index contributed by atoms with van der Waals surface area (Å²) < 4.78 is 6.18. The summed E-state index contributed by atoms with van der Waals surface area (Å²) in [6.07, 6.45) is -0.190. The molecule has 1 unspecified atom stereocenters. The summed E-state index contributed by atoms with van der Waals surface area (Å²) in [6, 6.07) is 7.89. The van der Waals surface area contributed by atoms with Gasteiger partial charge in [-0.1, -0.05) is 12.1 Å². The number of benzene rings is 1. The maximum atomic E-state index is 10.9. The lowest BCUT2D eigenvalue weighted by Gasteiger charge is -2.12. The van der Waals surface area contributed by atoms with Gasteiger partial charge in [-0.3, -0.25) is 0 Å². The van der Waals surface area contributed by atoms with Crippen molar-refractivity contribution in [2.75, 3.05) is 12.4 Å². The van der Waals surface area contributed by atoms with Gasteiger partial charge in [-0.15, -0.1) is 11.8 Å². The van der Waals surface area contributed by atoms with Crippen molar-refractivity contribution in [1.82, 2.24) is 0 Å². The van der Waals surface area contributed by atoms with E-state index in [2.05, 4.69) is 15.9 Å². The zero-order valence-corrected chi connectivity index (χ0v) is 12.0. The zero-order chi connectivity index (χ0) is 12.7. The summed E-state index contributed by atoms with van der Waals surface area (Å²) in [6.45, 7) is 2.23. The molecule has 0 aliphatic rings. The number of aliphatic carboxylic acids is 1. The third kappa shape index (κ3) is 5.10. The van der Waals surface area contributed by atoms with E-state index in [1.807, 2.05) is 24.3 Å². The van der Waals surface area contributed by atoms with Crippen molar-refractivity contribution in [2.45, 2.75) is 24.3 Å². The summed E-state index contributed by atoms with van der Waals surface area (Å²) in [5, 5.41) is 8.91. The molecule has 1 atom stereocenters. The first-order valence-electron chi connectivity index (χ1n) is 5.37. The molecule has 0 amide bonds. The number of ether oxygens (including phenoxy) is 1. The maximum Gasteiger partial charge on any atom is 0.332 e. The van der Waals surface area contributed by atoms with Crippen LogP contribution in [0.5, 0.6) is 0 Å². The molecule has 0 saturated carbocycles. The fourth-order valence-electron chi connectivity index (χ4n) is 1.32. The molecule has 0 fully saturated rings. The van der Waals surface area contributed by atoms with Gasteiger partial charge in [0, 0.05) is 21.7 Å². The summed E-state index contributed by atoms with van der Waals surface area (Å²) in [7, 11) is 0. The Hall–Kier alpha value is -0.520. The van der Waals surface area contributed by atoms with E-state index in [1.165, 1.54) is 0 Å². The molecule has 0 heterocycles. The Labute approximate surface area is 114 Å². The lowest BCUT2D eigenvalue weighted by molar-refractivity contribution is -0.150. The molecule has 1 rings (SSSR count). The molecule has 0 aromatic heterocycles. The van der Waals surface area contributed by atoms with Gasteiger partial charge in [0.05, 0.1) is 0 Å². The van der Waals surface area contributed by atoms with Crippen molar-refractivity contribution in [3.8, 4) is 0 Å². The molecule has 1 aromatic carbocycles. The molecule has 0 aliphatic carbocycles. The second-order valence-corrected chi connectivity index (χ2v) is 5.34. The van der Waals surface area contributed by atoms with Crippen LogP contribution in [-0.4, -0.2) is 29.5 Å². The van der Waals surface area contributed by atoms with Crippen LogP contribution in [0, 0.1) is 0 Å². The lowest BCUT2D eigenvalue weighted by Crippen LogP contribution is -2.24. The number of rotatable bonds is 7.